The van der Waals surface area contributed by atoms with Crippen LogP contribution in [-0.2, 0) is 21.9 Å². The number of aliphatic hydroxyl groups is 1. The second-order valence-electron chi connectivity index (χ2n) is 11.1. The zero-order valence-corrected chi connectivity index (χ0v) is 22.6. The Bertz CT molecular complexity index is 1250. The normalized spacial score (nSPS) is 26.2. The van der Waals surface area contributed by atoms with E-state index >= 15 is 0 Å². The number of hydrogen-bond donors (Lipinski definition) is 2. The van der Waals surface area contributed by atoms with E-state index in [0.29, 0.717) is 12.3 Å². The van der Waals surface area contributed by atoms with Crippen LogP contribution in [0.2, 0.25) is 0 Å². The largest absolute Gasteiger partial charge is 0.492 e. The molecule has 2 saturated heterocycles. The third kappa shape index (κ3) is 5.27. The molecule has 0 radical (unpaired) electrons. The highest BCUT2D eigenvalue weighted by molar-refractivity contribution is 7.89. The van der Waals surface area contributed by atoms with Crippen molar-refractivity contribution in [2.75, 3.05) is 32.8 Å². The van der Waals surface area contributed by atoms with Gasteiger partial charge in [0, 0.05) is 63.4 Å². The van der Waals surface area contributed by atoms with E-state index in [-0.39, 0.29) is 36.1 Å². The molecule has 2 aromatic rings. The molecule has 3 aliphatic heterocycles. The number of carbonyl (C=O) groups is 1. The van der Waals surface area contributed by atoms with Crippen molar-refractivity contribution >= 4 is 15.9 Å². The molecule has 1 aromatic carbocycles. The predicted molar refractivity (Wildman–Crippen MR) is 138 cm³/mol. The fourth-order valence-electron chi connectivity index (χ4n) is 5.82. The van der Waals surface area contributed by atoms with Crippen molar-refractivity contribution in [1.29, 1.82) is 0 Å². The lowest BCUT2D eigenvalue weighted by Crippen LogP contribution is -2.59. The number of aliphatic hydroxyl groups excluding tert-OH is 1. The molecule has 2 N–H and O–H groups in total. The van der Waals surface area contributed by atoms with Crippen LogP contribution in [0.15, 0.2) is 35.5 Å². The van der Waals surface area contributed by atoms with Crippen molar-refractivity contribution in [2.45, 2.75) is 62.1 Å². The number of carbonyl (C=O) groups excluding carboxylic acids is 1. The molecule has 1 spiro atoms. The lowest BCUT2D eigenvalue weighted by molar-refractivity contribution is -0.127. The smallest absolute Gasteiger partial charge is 0.247 e. The second-order valence-corrected chi connectivity index (χ2v) is 13.0. The number of nitrogens with one attached hydrogen (secondary N) is 1. The number of amides is 1. The summed E-state index contributed by atoms with van der Waals surface area (Å²) in [7, 11) is -2.28. The number of hydrogen-bond acceptors (Lipinski definition) is 7. The lowest BCUT2D eigenvalue weighted by atomic mass is 9.83. The van der Waals surface area contributed by atoms with Crippen LogP contribution >= 0.6 is 0 Å². The monoisotopic (exact) mass is 531 g/mol. The third-order valence-electron chi connectivity index (χ3n) is 7.77. The van der Waals surface area contributed by atoms with Gasteiger partial charge in [0.1, 0.15) is 16.7 Å². The summed E-state index contributed by atoms with van der Waals surface area (Å²) in [5.74, 6) is 0.472. The van der Waals surface area contributed by atoms with Crippen LogP contribution in [0.4, 0.5) is 0 Å². The van der Waals surface area contributed by atoms with Crippen LogP contribution in [0.1, 0.15) is 39.5 Å². The van der Waals surface area contributed by atoms with Crippen molar-refractivity contribution in [3.63, 3.8) is 0 Å². The van der Waals surface area contributed by atoms with Gasteiger partial charge in [0.05, 0.1) is 18.9 Å². The highest BCUT2D eigenvalue weighted by Crippen LogP contribution is 2.37. The number of nitrogens with zero attached hydrogens (tertiary/aromatic N) is 4. The first-order valence-corrected chi connectivity index (χ1v) is 14.5. The Morgan fingerprint density at radius 1 is 1.22 bits per heavy atom. The zero-order valence-electron chi connectivity index (χ0n) is 21.8. The number of aromatic nitrogens is 2. The molecule has 2 atom stereocenters. The van der Waals surface area contributed by atoms with Crippen LogP contribution in [0.3, 0.4) is 0 Å². The SMILES string of the molecule is CC(C)CN1CCC2(CCOc3cc(-c4cnn(C)c4)ccc3S(=O)(=O)N3C[C@H](O)C[C@H]3C(=O)N2)CC1. The van der Waals surface area contributed by atoms with Crippen LogP contribution in [-0.4, -0.2) is 88.9 Å². The fraction of sp³-hybridized carbons (Fsp3) is 0.615. The second kappa shape index (κ2) is 10.0. The Morgan fingerprint density at radius 2 is 1.97 bits per heavy atom. The summed E-state index contributed by atoms with van der Waals surface area (Å²) in [5, 5.41) is 17.9. The molecule has 0 bridgehead atoms. The van der Waals surface area contributed by atoms with Gasteiger partial charge in [-0.25, -0.2) is 8.42 Å². The zero-order chi connectivity index (χ0) is 26.4. The van der Waals surface area contributed by atoms with Gasteiger partial charge in [0.25, 0.3) is 0 Å². The third-order valence-corrected chi connectivity index (χ3v) is 9.68. The van der Waals surface area contributed by atoms with Crippen molar-refractivity contribution in [2.24, 2.45) is 13.0 Å². The molecule has 0 unspecified atom stereocenters. The molecule has 2 fully saturated rings. The Labute approximate surface area is 218 Å². The molecule has 0 aliphatic carbocycles. The lowest BCUT2D eigenvalue weighted by Gasteiger charge is -2.43. The molecule has 4 heterocycles. The van der Waals surface area contributed by atoms with Crippen molar-refractivity contribution in [1.82, 2.24) is 24.3 Å². The van der Waals surface area contributed by atoms with Crippen LogP contribution in [0.5, 0.6) is 5.75 Å². The van der Waals surface area contributed by atoms with Gasteiger partial charge in [-0.2, -0.15) is 9.40 Å². The fourth-order valence-corrected chi connectivity index (χ4v) is 7.57. The Morgan fingerprint density at radius 3 is 2.65 bits per heavy atom. The Balaban J connectivity index is 1.51. The molecule has 202 valence electrons. The average molecular weight is 532 g/mol. The minimum Gasteiger partial charge on any atom is -0.492 e. The summed E-state index contributed by atoms with van der Waals surface area (Å²) in [6.45, 7) is 7.27. The van der Waals surface area contributed by atoms with Gasteiger partial charge in [-0.1, -0.05) is 19.9 Å². The van der Waals surface area contributed by atoms with Gasteiger partial charge in [0.15, 0.2) is 0 Å². The maximum Gasteiger partial charge on any atom is 0.247 e. The molecular formula is C26H37N5O5S. The number of aryl methyl sites for hydroxylation is 1. The van der Waals surface area contributed by atoms with Crippen LogP contribution in [0.25, 0.3) is 11.1 Å². The number of ether oxygens (including phenoxy) is 1. The van der Waals surface area contributed by atoms with E-state index in [0.717, 1.165) is 47.9 Å². The first-order chi connectivity index (χ1) is 17.6. The van der Waals surface area contributed by atoms with E-state index < -0.39 is 27.7 Å². The van der Waals surface area contributed by atoms with Crippen LogP contribution in [0, 0.1) is 5.92 Å². The number of benzene rings is 1. The maximum absolute atomic E-state index is 13.8. The van der Waals surface area contributed by atoms with E-state index in [1.54, 1.807) is 23.0 Å². The molecule has 0 saturated carbocycles. The van der Waals surface area contributed by atoms with Gasteiger partial charge in [-0.15, -0.1) is 0 Å². The summed E-state index contributed by atoms with van der Waals surface area (Å²) >= 11 is 0. The molecule has 5 rings (SSSR count). The summed E-state index contributed by atoms with van der Waals surface area (Å²) in [4.78, 5) is 16.0. The summed E-state index contributed by atoms with van der Waals surface area (Å²) in [6, 6.07) is 4.03. The Kier molecular flexibility index (Phi) is 7.08. The number of likely N-dealkylation sites (tertiary alicyclic amines) is 1. The molecule has 10 nitrogen and oxygen atoms in total. The number of piperidine rings is 1. The van der Waals surface area contributed by atoms with E-state index in [1.165, 1.54) is 6.07 Å². The van der Waals surface area contributed by atoms with Crippen LogP contribution < -0.4 is 10.1 Å². The maximum atomic E-state index is 13.8. The minimum atomic E-state index is -4.10. The summed E-state index contributed by atoms with van der Waals surface area (Å²) in [6.07, 6.45) is 4.84. The first kappa shape index (κ1) is 26.1. The molecule has 1 amide bonds. The molecule has 37 heavy (non-hydrogen) atoms. The van der Waals surface area contributed by atoms with Gasteiger partial charge < -0.3 is 20.1 Å². The van der Waals surface area contributed by atoms with Gasteiger partial charge in [-0.05, 0) is 36.5 Å². The highest BCUT2D eigenvalue weighted by Gasteiger charge is 2.47. The van der Waals surface area contributed by atoms with E-state index in [4.69, 9.17) is 4.74 Å². The molecule has 1 aromatic heterocycles. The molecular weight excluding hydrogens is 494 g/mol. The van der Waals surface area contributed by atoms with Crippen molar-refractivity contribution in [3.05, 3.63) is 30.6 Å². The van der Waals surface area contributed by atoms with Gasteiger partial charge >= 0.3 is 0 Å². The van der Waals surface area contributed by atoms with E-state index in [1.807, 2.05) is 13.2 Å². The molecule has 3 aliphatic rings. The van der Waals surface area contributed by atoms with E-state index in [9.17, 15) is 18.3 Å². The first-order valence-electron chi connectivity index (χ1n) is 13.1. The quantitative estimate of drug-likeness (QED) is 0.618. The minimum absolute atomic E-state index is 0.00902. The molecule has 11 heteroatoms. The number of rotatable bonds is 3. The highest BCUT2D eigenvalue weighted by atomic mass is 32.2. The average Bonchev–Trinajstić information content (AvgIpc) is 3.46. The number of sulfonamides is 1. The van der Waals surface area contributed by atoms with Crippen molar-refractivity contribution in [3.8, 4) is 16.9 Å². The van der Waals surface area contributed by atoms with Gasteiger partial charge in [0.2, 0.25) is 15.9 Å². The van der Waals surface area contributed by atoms with Gasteiger partial charge in [-0.3, -0.25) is 9.48 Å². The summed E-state index contributed by atoms with van der Waals surface area (Å²) < 4.78 is 36.7. The standard InChI is InChI=1S/C26H37N5O5S/c1-18(2)15-30-9-6-26(7-10-30)8-11-36-23-12-19(20-14-27-29(3)16-20)4-5-24(23)37(34,35)31-17-21(32)13-22(31)25(33)28-26/h4-5,12,14,16,18,21-22,32H,6-11,13,15,17H2,1-3H3,(H,28,33)/t21-,22+/m1/s1. The number of fused-ring (bicyclic) bond motifs is 2. The topological polar surface area (TPSA) is 117 Å². The summed E-state index contributed by atoms with van der Waals surface area (Å²) in [5.41, 5.74) is 1.15. The van der Waals surface area contributed by atoms with Crippen molar-refractivity contribution < 1.29 is 23.1 Å². The predicted octanol–water partition coefficient (Wildman–Crippen LogP) is 1.60. The Hall–Kier alpha value is -2.47. The van der Waals surface area contributed by atoms with E-state index in [2.05, 4.69) is 29.2 Å².